The zero-order valence-corrected chi connectivity index (χ0v) is 10.4. The first-order valence-electron chi connectivity index (χ1n) is 5.72. The first kappa shape index (κ1) is 11.2. The maximum atomic E-state index is 10.8. The molecule has 0 radical (unpaired) electrons. The summed E-state index contributed by atoms with van der Waals surface area (Å²) in [4.78, 5) is 11.6. The Kier molecular flexibility index (Phi) is 2.55. The molecule has 0 spiro atoms. The lowest BCUT2D eigenvalue weighted by Gasteiger charge is -2.23. The van der Waals surface area contributed by atoms with Gasteiger partial charge in [-0.05, 0) is 36.3 Å². The molecule has 0 aliphatic heterocycles. The minimum atomic E-state index is -0.490. The Morgan fingerprint density at radius 1 is 1.61 bits per heavy atom. The van der Waals surface area contributed by atoms with Crippen molar-refractivity contribution in [3.8, 4) is 0 Å². The molecule has 2 aromatic rings. The molecule has 1 aliphatic carbocycles. The molecule has 1 atom stereocenters. The van der Waals surface area contributed by atoms with Crippen LogP contribution in [-0.2, 0) is 6.42 Å². The average Bonchev–Trinajstić information content (AvgIpc) is 2.94. The molecule has 0 amide bonds. The smallest absolute Gasteiger partial charge is 0.330 e. The topological polar surface area (TPSA) is 87.0 Å². The quantitative estimate of drug-likeness (QED) is 0.666. The second kappa shape index (κ2) is 4.09. The van der Waals surface area contributed by atoms with Gasteiger partial charge in [0.15, 0.2) is 0 Å². The van der Waals surface area contributed by atoms with Crippen molar-refractivity contribution < 1.29 is 4.92 Å². The van der Waals surface area contributed by atoms with Gasteiger partial charge in [-0.1, -0.05) is 0 Å². The molecular weight excluding hydrogens is 252 g/mol. The molecule has 0 saturated carbocycles. The number of aromatic nitrogens is 2. The van der Waals surface area contributed by atoms with Crippen molar-refractivity contribution in [3.63, 3.8) is 0 Å². The van der Waals surface area contributed by atoms with E-state index in [9.17, 15) is 10.1 Å². The van der Waals surface area contributed by atoms with Crippen LogP contribution >= 0.6 is 11.3 Å². The van der Waals surface area contributed by atoms with E-state index in [1.807, 2.05) is 0 Å². The van der Waals surface area contributed by atoms with E-state index in [1.54, 1.807) is 16.0 Å². The monoisotopic (exact) mass is 264 g/mol. The Bertz CT molecular complexity index is 604. The van der Waals surface area contributed by atoms with Crippen molar-refractivity contribution in [3.05, 3.63) is 38.2 Å². The lowest BCUT2D eigenvalue weighted by molar-refractivity contribution is -0.384. The minimum Gasteiger partial charge on any atom is -0.378 e. The van der Waals surface area contributed by atoms with Crippen LogP contribution < -0.4 is 5.73 Å². The van der Waals surface area contributed by atoms with Crippen LogP contribution in [-0.4, -0.2) is 14.7 Å². The molecule has 1 aliphatic rings. The molecule has 2 heterocycles. The third-order valence-electron chi connectivity index (χ3n) is 3.33. The summed E-state index contributed by atoms with van der Waals surface area (Å²) < 4.78 is 1.59. The molecule has 0 bridgehead atoms. The van der Waals surface area contributed by atoms with Crippen LogP contribution in [0.15, 0.2) is 17.6 Å². The molecule has 94 valence electrons. The zero-order chi connectivity index (χ0) is 12.7. The van der Waals surface area contributed by atoms with E-state index in [2.05, 4.69) is 16.5 Å². The van der Waals surface area contributed by atoms with Crippen molar-refractivity contribution in [2.75, 3.05) is 5.73 Å². The van der Waals surface area contributed by atoms with Gasteiger partial charge in [0, 0.05) is 4.88 Å². The lowest BCUT2D eigenvalue weighted by atomic mass is 9.94. The Labute approximate surface area is 107 Å². The van der Waals surface area contributed by atoms with E-state index >= 15 is 0 Å². The van der Waals surface area contributed by atoms with Gasteiger partial charge in [-0.3, -0.25) is 10.1 Å². The van der Waals surface area contributed by atoms with E-state index in [-0.39, 0.29) is 17.5 Å². The largest absolute Gasteiger partial charge is 0.378 e. The number of nitrogens with zero attached hydrogens (tertiary/aromatic N) is 3. The summed E-state index contributed by atoms with van der Waals surface area (Å²) in [6.45, 7) is 0. The van der Waals surface area contributed by atoms with Crippen LogP contribution in [0.25, 0.3) is 0 Å². The number of nitrogens with two attached hydrogens (primary N) is 1. The molecule has 0 fully saturated rings. The van der Waals surface area contributed by atoms with Gasteiger partial charge >= 0.3 is 5.69 Å². The molecule has 18 heavy (non-hydrogen) atoms. The second-order valence-corrected chi connectivity index (χ2v) is 5.32. The van der Waals surface area contributed by atoms with Crippen LogP contribution in [0.5, 0.6) is 0 Å². The van der Waals surface area contributed by atoms with Gasteiger partial charge in [0.25, 0.3) is 0 Å². The number of anilines is 1. The van der Waals surface area contributed by atoms with E-state index in [1.165, 1.54) is 16.6 Å². The predicted molar refractivity (Wildman–Crippen MR) is 68.7 cm³/mol. The van der Waals surface area contributed by atoms with Crippen molar-refractivity contribution in [1.82, 2.24) is 9.78 Å². The van der Waals surface area contributed by atoms with E-state index < -0.39 is 4.92 Å². The average molecular weight is 264 g/mol. The summed E-state index contributed by atoms with van der Waals surface area (Å²) in [5.74, 6) is 0.143. The summed E-state index contributed by atoms with van der Waals surface area (Å²) >= 11 is 1.73. The summed E-state index contributed by atoms with van der Waals surface area (Å²) in [7, 11) is 0. The van der Waals surface area contributed by atoms with Gasteiger partial charge in [0.05, 0.1) is 11.0 Å². The van der Waals surface area contributed by atoms with Crippen molar-refractivity contribution in [2.45, 2.75) is 25.3 Å². The summed E-state index contributed by atoms with van der Waals surface area (Å²) in [6.07, 6.45) is 4.29. The van der Waals surface area contributed by atoms with Crippen molar-refractivity contribution in [2.24, 2.45) is 0 Å². The summed E-state index contributed by atoms with van der Waals surface area (Å²) in [5.41, 5.74) is 6.91. The standard InChI is InChI=1S/C11H12N4O2S/c12-11-9(15(16)17)6-13-14(11)8-2-1-3-10-7(8)4-5-18-10/h4-6,8H,1-3,12H2. The third kappa shape index (κ3) is 1.59. The highest BCUT2D eigenvalue weighted by Gasteiger charge is 2.28. The molecular formula is C11H12N4O2S. The van der Waals surface area contributed by atoms with E-state index in [0.717, 1.165) is 19.3 Å². The maximum absolute atomic E-state index is 10.8. The van der Waals surface area contributed by atoms with Crippen LogP contribution in [0, 0.1) is 10.1 Å². The Morgan fingerprint density at radius 2 is 2.44 bits per heavy atom. The molecule has 1 unspecified atom stereocenters. The number of hydrogen-bond donors (Lipinski definition) is 1. The molecule has 0 saturated heterocycles. The SMILES string of the molecule is Nc1c([N+](=O)[O-])cnn1C1CCCc2sccc21. The van der Waals surface area contributed by atoms with Crippen LogP contribution in [0.2, 0.25) is 0 Å². The van der Waals surface area contributed by atoms with Crippen LogP contribution in [0.3, 0.4) is 0 Å². The number of thiophene rings is 1. The molecule has 2 N–H and O–H groups in total. The highest BCUT2D eigenvalue weighted by molar-refractivity contribution is 7.10. The van der Waals surface area contributed by atoms with Gasteiger partial charge in [-0.2, -0.15) is 5.10 Å². The molecule has 3 rings (SSSR count). The zero-order valence-electron chi connectivity index (χ0n) is 9.57. The second-order valence-electron chi connectivity index (χ2n) is 4.32. The lowest BCUT2D eigenvalue weighted by Crippen LogP contribution is -2.18. The molecule has 6 nitrogen and oxygen atoms in total. The fraction of sp³-hybridized carbons (Fsp3) is 0.364. The summed E-state index contributed by atoms with van der Waals surface area (Å²) in [6, 6.07) is 2.10. The van der Waals surface area contributed by atoms with Crippen LogP contribution in [0.4, 0.5) is 11.5 Å². The number of hydrogen-bond acceptors (Lipinski definition) is 5. The van der Waals surface area contributed by atoms with Crippen molar-refractivity contribution in [1.29, 1.82) is 0 Å². The predicted octanol–water partition coefficient (Wildman–Crippen LogP) is 2.36. The van der Waals surface area contributed by atoms with Crippen molar-refractivity contribution >= 4 is 22.8 Å². The third-order valence-corrected chi connectivity index (χ3v) is 4.32. The molecule has 0 aromatic carbocycles. The Morgan fingerprint density at radius 3 is 3.17 bits per heavy atom. The highest BCUT2D eigenvalue weighted by Crippen LogP contribution is 2.38. The normalized spacial score (nSPS) is 18.6. The Hall–Kier alpha value is -1.89. The number of rotatable bonds is 2. The fourth-order valence-corrected chi connectivity index (χ4v) is 3.45. The number of nitro groups is 1. The Balaban J connectivity index is 2.05. The molecule has 2 aromatic heterocycles. The number of aryl methyl sites for hydroxylation is 1. The van der Waals surface area contributed by atoms with Gasteiger partial charge in [0.2, 0.25) is 5.82 Å². The van der Waals surface area contributed by atoms with Crippen LogP contribution in [0.1, 0.15) is 29.3 Å². The maximum Gasteiger partial charge on any atom is 0.330 e. The van der Waals surface area contributed by atoms with Gasteiger partial charge in [-0.15, -0.1) is 11.3 Å². The van der Waals surface area contributed by atoms with E-state index in [4.69, 9.17) is 5.73 Å². The number of nitrogen functional groups attached to an aromatic ring is 1. The first-order chi connectivity index (χ1) is 8.68. The van der Waals surface area contributed by atoms with E-state index in [0.29, 0.717) is 0 Å². The van der Waals surface area contributed by atoms with Gasteiger partial charge < -0.3 is 5.73 Å². The molecule has 7 heteroatoms. The summed E-state index contributed by atoms with van der Waals surface area (Å²) in [5, 5.41) is 16.9. The highest BCUT2D eigenvalue weighted by atomic mass is 32.1. The first-order valence-corrected chi connectivity index (χ1v) is 6.60. The minimum absolute atomic E-state index is 0.0358. The number of fused-ring (bicyclic) bond motifs is 1. The fourth-order valence-electron chi connectivity index (χ4n) is 2.47. The van der Waals surface area contributed by atoms with Gasteiger partial charge in [-0.25, -0.2) is 4.68 Å². The van der Waals surface area contributed by atoms with Gasteiger partial charge in [0.1, 0.15) is 6.20 Å².